The molecule has 0 spiro atoms. The highest BCUT2D eigenvalue weighted by Gasteiger charge is 2.29. The lowest BCUT2D eigenvalue weighted by atomic mass is 9.78. The number of nitrogens with one attached hydrogen (secondary N) is 1. The summed E-state index contributed by atoms with van der Waals surface area (Å²) in [5.41, 5.74) is 3.44. The maximum absolute atomic E-state index is 3.68. The molecule has 1 N–H and O–H groups in total. The van der Waals surface area contributed by atoms with Gasteiger partial charge in [-0.25, -0.2) is 0 Å². The molecule has 1 aliphatic heterocycles. The lowest BCUT2D eigenvalue weighted by Crippen LogP contribution is -2.42. The van der Waals surface area contributed by atoms with E-state index < -0.39 is 0 Å². The third kappa shape index (κ3) is 4.31. The Morgan fingerprint density at radius 2 is 1.86 bits per heavy atom. The fourth-order valence-electron chi connectivity index (χ4n) is 3.38. The van der Waals surface area contributed by atoms with Crippen LogP contribution in [0.5, 0.6) is 0 Å². The minimum Gasteiger partial charge on any atom is -0.309 e. The quantitative estimate of drug-likeness (QED) is 0.845. The largest absolute Gasteiger partial charge is 0.309 e. The van der Waals surface area contributed by atoms with Gasteiger partial charge in [0.05, 0.1) is 0 Å². The Balaban J connectivity index is 2.00. The van der Waals surface area contributed by atoms with Crippen molar-refractivity contribution in [3.63, 3.8) is 0 Å². The molecule has 1 atom stereocenters. The second-order valence-electron chi connectivity index (χ2n) is 6.93. The molecule has 0 aromatic heterocycles. The molecule has 2 heteroatoms. The van der Waals surface area contributed by atoms with Crippen LogP contribution in [0.25, 0.3) is 0 Å². The minimum absolute atomic E-state index is 0.460. The normalized spacial score (nSPS) is 20.4. The first-order valence-corrected chi connectivity index (χ1v) is 8.59. The van der Waals surface area contributed by atoms with Gasteiger partial charge in [0, 0.05) is 12.6 Å². The molecular weight excluding hydrogens is 256 g/mol. The van der Waals surface area contributed by atoms with Crippen LogP contribution in [0.15, 0.2) is 24.3 Å². The van der Waals surface area contributed by atoms with Gasteiger partial charge in [0.25, 0.3) is 0 Å². The highest BCUT2D eigenvalue weighted by molar-refractivity contribution is 5.29. The molecular formula is C19H32N2. The first kappa shape index (κ1) is 16.5. The van der Waals surface area contributed by atoms with Crippen LogP contribution in [0.1, 0.15) is 57.2 Å². The van der Waals surface area contributed by atoms with Crippen molar-refractivity contribution in [2.24, 2.45) is 5.41 Å². The monoisotopic (exact) mass is 288 g/mol. The summed E-state index contributed by atoms with van der Waals surface area (Å²) in [6, 6.07) is 9.27. The number of aryl methyl sites for hydroxylation is 1. The third-order valence-electron chi connectivity index (χ3n) is 5.37. The second-order valence-corrected chi connectivity index (χ2v) is 6.93. The Morgan fingerprint density at radius 1 is 1.19 bits per heavy atom. The topological polar surface area (TPSA) is 15.3 Å². The zero-order valence-corrected chi connectivity index (χ0v) is 14.3. The van der Waals surface area contributed by atoms with Crippen LogP contribution in [0.4, 0.5) is 0 Å². The molecule has 1 aromatic carbocycles. The summed E-state index contributed by atoms with van der Waals surface area (Å²) in [4.78, 5) is 2.65. The summed E-state index contributed by atoms with van der Waals surface area (Å²) >= 11 is 0. The summed E-state index contributed by atoms with van der Waals surface area (Å²) < 4.78 is 0. The Morgan fingerprint density at radius 3 is 2.43 bits per heavy atom. The van der Waals surface area contributed by atoms with Gasteiger partial charge in [-0.1, -0.05) is 51.5 Å². The highest BCUT2D eigenvalue weighted by Crippen LogP contribution is 2.34. The molecule has 0 radical (unpaired) electrons. The number of hydrogen-bond donors (Lipinski definition) is 1. The van der Waals surface area contributed by atoms with Crippen LogP contribution >= 0.6 is 0 Å². The third-order valence-corrected chi connectivity index (χ3v) is 5.37. The average molecular weight is 288 g/mol. The molecule has 2 nitrogen and oxygen atoms in total. The van der Waals surface area contributed by atoms with Crippen LogP contribution in [0, 0.1) is 12.3 Å². The van der Waals surface area contributed by atoms with E-state index in [-0.39, 0.29) is 0 Å². The smallest absolute Gasteiger partial charge is 0.0451 e. The summed E-state index contributed by atoms with van der Waals surface area (Å²) in [7, 11) is 0. The molecule has 1 saturated heterocycles. The van der Waals surface area contributed by atoms with Gasteiger partial charge in [0.1, 0.15) is 0 Å². The van der Waals surface area contributed by atoms with Crippen molar-refractivity contribution in [2.75, 3.05) is 26.2 Å². The molecule has 1 unspecified atom stereocenters. The van der Waals surface area contributed by atoms with Crippen molar-refractivity contribution < 1.29 is 0 Å². The number of likely N-dealkylation sites (N-methyl/N-ethyl adjacent to an activating group) is 1. The predicted molar refractivity (Wildman–Crippen MR) is 91.7 cm³/mol. The first-order valence-electron chi connectivity index (χ1n) is 8.59. The van der Waals surface area contributed by atoms with E-state index in [9.17, 15) is 0 Å². The molecule has 1 aliphatic rings. The van der Waals surface area contributed by atoms with Gasteiger partial charge >= 0.3 is 0 Å². The van der Waals surface area contributed by atoms with Crippen molar-refractivity contribution in [3.8, 4) is 0 Å². The summed E-state index contributed by atoms with van der Waals surface area (Å²) in [6.45, 7) is 13.9. The number of rotatable bonds is 6. The van der Waals surface area contributed by atoms with E-state index in [2.05, 4.69) is 62.2 Å². The SMILES string of the molecule is CCNC(CN1CCC(C)(CC)CC1)c1ccccc1C. The molecule has 0 saturated carbocycles. The number of benzene rings is 1. The summed E-state index contributed by atoms with van der Waals surface area (Å²) in [5.74, 6) is 0. The number of likely N-dealkylation sites (tertiary alicyclic amines) is 1. The minimum atomic E-state index is 0.460. The van der Waals surface area contributed by atoms with Crippen LogP contribution < -0.4 is 5.32 Å². The van der Waals surface area contributed by atoms with Gasteiger partial charge in [-0.3, -0.25) is 0 Å². The molecule has 0 aliphatic carbocycles. The van der Waals surface area contributed by atoms with E-state index in [0.717, 1.165) is 13.1 Å². The van der Waals surface area contributed by atoms with Gasteiger partial charge in [-0.2, -0.15) is 0 Å². The van der Waals surface area contributed by atoms with E-state index in [1.54, 1.807) is 0 Å². The fraction of sp³-hybridized carbons (Fsp3) is 0.684. The lowest BCUT2D eigenvalue weighted by molar-refractivity contribution is 0.106. The van der Waals surface area contributed by atoms with Gasteiger partial charge < -0.3 is 10.2 Å². The van der Waals surface area contributed by atoms with Crippen LogP contribution in [-0.4, -0.2) is 31.1 Å². The van der Waals surface area contributed by atoms with E-state index in [1.807, 2.05) is 0 Å². The maximum Gasteiger partial charge on any atom is 0.0451 e. The van der Waals surface area contributed by atoms with Crippen molar-refractivity contribution in [1.82, 2.24) is 10.2 Å². The van der Waals surface area contributed by atoms with Crippen LogP contribution in [0.2, 0.25) is 0 Å². The van der Waals surface area contributed by atoms with Gasteiger partial charge in [-0.15, -0.1) is 0 Å². The van der Waals surface area contributed by atoms with E-state index in [1.165, 1.54) is 43.5 Å². The van der Waals surface area contributed by atoms with Crippen LogP contribution in [-0.2, 0) is 0 Å². The lowest BCUT2D eigenvalue weighted by Gasteiger charge is -2.40. The first-order chi connectivity index (χ1) is 10.1. The zero-order chi connectivity index (χ0) is 15.3. The maximum atomic E-state index is 3.68. The number of hydrogen-bond acceptors (Lipinski definition) is 2. The molecule has 0 amide bonds. The Labute approximate surface area is 130 Å². The average Bonchev–Trinajstić information content (AvgIpc) is 2.50. The van der Waals surface area contributed by atoms with Crippen molar-refractivity contribution in [1.29, 1.82) is 0 Å². The van der Waals surface area contributed by atoms with Crippen molar-refractivity contribution in [3.05, 3.63) is 35.4 Å². The molecule has 118 valence electrons. The number of piperidine rings is 1. The van der Waals surface area contributed by atoms with E-state index in [4.69, 9.17) is 0 Å². The molecule has 1 fully saturated rings. The molecule has 21 heavy (non-hydrogen) atoms. The Kier molecular flexibility index (Phi) is 5.83. The van der Waals surface area contributed by atoms with Gasteiger partial charge in [-0.05, 0) is 55.9 Å². The summed E-state index contributed by atoms with van der Waals surface area (Å²) in [5, 5.41) is 3.68. The molecule has 0 bridgehead atoms. The zero-order valence-electron chi connectivity index (χ0n) is 14.3. The number of nitrogens with zero attached hydrogens (tertiary/aromatic N) is 1. The van der Waals surface area contributed by atoms with Gasteiger partial charge in [0.2, 0.25) is 0 Å². The molecule has 1 aromatic rings. The Hall–Kier alpha value is -0.860. The molecule has 2 rings (SSSR count). The summed E-state index contributed by atoms with van der Waals surface area (Å²) in [6.07, 6.45) is 4.00. The van der Waals surface area contributed by atoms with Gasteiger partial charge in [0.15, 0.2) is 0 Å². The fourth-order valence-corrected chi connectivity index (χ4v) is 3.38. The van der Waals surface area contributed by atoms with E-state index in [0.29, 0.717) is 11.5 Å². The standard InChI is InChI=1S/C19H32N2/c1-5-19(4)11-13-21(14-12-19)15-18(20-6-2)17-10-8-7-9-16(17)3/h7-10,18,20H,5-6,11-15H2,1-4H3. The Bertz CT molecular complexity index is 433. The molecule has 1 heterocycles. The van der Waals surface area contributed by atoms with Crippen molar-refractivity contribution in [2.45, 2.75) is 53.0 Å². The predicted octanol–water partition coefficient (Wildman–Crippen LogP) is 4.16. The second kappa shape index (κ2) is 7.42. The van der Waals surface area contributed by atoms with E-state index >= 15 is 0 Å². The highest BCUT2D eigenvalue weighted by atomic mass is 15.2. The van der Waals surface area contributed by atoms with Crippen molar-refractivity contribution >= 4 is 0 Å². The van der Waals surface area contributed by atoms with Crippen LogP contribution in [0.3, 0.4) is 0 Å².